The lowest BCUT2D eigenvalue weighted by Crippen LogP contribution is -2.32. The predicted octanol–water partition coefficient (Wildman–Crippen LogP) is 5.32. The summed E-state index contributed by atoms with van der Waals surface area (Å²) >= 11 is 0. The summed E-state index contributed by atoms with van der Waals surface area (Å²) in [5.74, 6) is -1.40. The Morgan fingerprint density at radius 2 is 1.42 bits per heavy atom. The van der Waals surface area contributed by atoms with Gasteiger partial charge in [-0.1, -0.05) is 24.6 Å². The minimum atomic E-state index is -4.59. The third-order valence-corrected chi connectivity index (χ3v) is 13.3. The second-order valence-corrected chi connectivity index (χ2v) is 19.3. The summed E-state index contributed by atoms with van der Waals surface area (Å²) in [7, 11) is -10.3. The topological polar surface area (TPSA) is 234 Å². The molecule has 4 rings (SSSR count). The summed E-state index contributed by atoms with van der Waals surface area (Å²) in [6, 6.07) is 8.73. The molecule has 0 fully saturated rings. The molecule has 0 saturated heterocycles. The summed E-state index contributed by atoms with van der Waals surface area (Å²) in [5, 5.41) is 9.12. The van der Waals surface area contributed by atoms with Crippen LogP contribution in [0.2, 0.25) is 0 Å². The summed E-state index contributed by atoms with van der Waals surface area (Å²) in [6.45, 7) is 5.93. The molecule has 2 heterocycles. The van der Waals surface area contributed by atoms with Crippen molar-refractivity contribution in [3.8, 4) is 0 Å². The van der Waals surface area contributed by atoms with E-state index >= 15 is 0 Å². The van der Waals surface area contributed by atoms with Gasteiger partial charge in [0.1, 0.15) is 6.61 Å². The lowest BCUT2D eigenvalue weighted by molar-refractivity contribution is -0.442. The van der Waals surface area contributed by atoms with E-state index in [1.807, 2.05) is 36.7 Å². The molecule has 4 N–H and O–H groups in total. The number of nitrogens with zero attached hydrogens (tertiary/aromatic N) is 2. The van der Waals surface area contributed by atoms with Crippen LogP contribution in [-0.2, 0) is 60.2 Å². The summed E-state index contributed by atoms with van der Waals surface area (Å²) < 4.78 is 120. The van der Waals surface area contributed by atoms with Crippen LogP contribution in [-0.4, -0.2) is 120 Å². The highest BCUT2D eigenvalue weighted by molar-refractivity contribution is 7.86. The number of carbonyl (C=O) groups is 1. The molecule has 0 bridgehead atoms. The first kappa shape index (κ1) is 47.9. The third-order valence-electron chi connectivity index (χ3n) is 10.8. The van der Waals surface area contributed by atoms with Gasteiger partial charge >= 0.3 is 5.97 Å². The van der Waals surface area contributed by atoms with E-state index in [0.717, 1.165) is 11.4 Å². The van der Waals surface area contributed by atoms with Crippen molar-refractivity contribution in [2.45, 2.75) is 79.4 Å². The van der Waals surface area contributed by atoms with Crippen molar-refractivity contribution in [1.29, 1.82) is 0 Å². The molecule has 2 unspecified atom stereocenters. The monoisotopic (exact) mass is 883 g/mol. The van der Waals surface area contributed by atoms with Crippen molar-refractivity contribution in [1.82, 2.24) is 0 Å². The maximum Gasteiger partial charge on any atom is 0.303 e. The molecule has 326 valence electrons. The highest BCUT2D eigenvalue weighted by Gasteiger charge is 2.48. The Hall–Kier alpha value is -3.79. The zero-order valence-electron chi connectivity index (χ0n) is 33.7. The number of carboxylic acids is 1. The fraction of sp³-hybridized carbons (Fsp3) is 0.500. The molecule has 0 saturated carbocycles. The number of unbranched alkanes of at least 4 members (excludes halogenated alkanes) is 2. The van der Waals surface area contributed by atoms with Gasteiger partial charge in [-0.25, -0.2) is 0 Å². The molecule has 2 atom stereocenters. The van der Waals surface area contributed by atoms with E-state index in [-0.39, 0.29) is 35.7 Å². The minimum Gasteiger partial charge on any atom is -0.481 e. The standard InChI is InChI=1S/C40H54N2O14S3/c1-39(19-11-27-57(45,46)47)32-28-30(58(48,49)50)16-18-35(32)42(22-24-56-26-25-55-4)36(39)12-7-5-8-13-37-40(2,20-23-54-3)33-29-31(59(51,52)53)15-17-34(33)41(37)21-10-6-9-14-38(43)44/h5,7-8,12-13,15-18,28-29H,6,9-11,14,19-27H2,1-4H3,(H3-,43,44,45,46,47,48,49,50,51,52,53)/p+1. The van der Waals surface area contributed by atoms with Gasteiger partial charge in [0.2, 0.25) is 5.69 Å². The Kier molecular flexibility index (Phi) is 16.4. The number of allylic oxidation sites excluding steroid dienone is 6. The average Bonchev–Trinajstić information content (AvgIpc) is 3.52. The van der Waals surface area contributed by atoms with Crippen molar-refractivity contribution in [2.24, 2.45) is 0 Å². The highest BCUT2D eigenvalue weighted by atomic mass is 32.2. The van der Waals surface area contributed by atoms with E-state index in [9.17, 15) is 43.7 Å². The molecule has 0 spiro atoms. The molecule has 2 aliphatic heterocycles. The van der Waals surface area contributed by atoms with Gasteiger partial charge in [0.15, 0.2) is 12.3 Å². The first-order chi connectivity index (χ1) is 27.7. The maximum atomic E-state index is 12.2. The predicted molar refractivity (Wildman–Crippen MR) is 222 cm³/mol. The van der Waals surface area contributed by atoms with Crippen LogP contribution in [0.3, 0.4) is 0 Å². The third kappa shape index (κ3) is 12.2. The number of anilines is 1. The SMILES string of the molecule is COCCOCC[N+]1=C(C=CC=CC=C2N(CCCCCC(=O)O)c3ccc(S(=O)(=O)O)cc3C2(C)CCOC)C(C)(CCCS(=O)(=O)O)c2cc(S(=O)(=O)O)ccc21. The molecule has 2 aliphatic rings. The van der Waals surface area contributed by atoms with E-state index in [0.29, 0.717) is 81.1 Å². The van der Waals surface area contributed by atoms with Gasteiger partial charge in [0, 0.05) is 68.3 Å². The summed E-state index contributed by atoms with van der Waals surface area (Å²) in [4.78, 5) is 12.6. The number of hydrogen-bond acceptors (Lipinski definition) is 11. The zero-order valence-corrected chi connectivity index (χ0v) is 36.2. The van der Waals surface area contributed by atoms with Gasteiger partial charge in [-0.15, -0.1) is 0 Å². The van der Waals surface area contributed by atoms with Crippen LogP contribution >= 0.6 is 0 Å². The zero-order chi connectivity index (χ0) is 43.6. The lowest BCUT2D eigenvalue weighted by atomic mass is 9.76. The lowest BCUT2D eigenvalue weighted by Gasteiger charge is -2.30. The van der Waals surface area contributed by atoms with Crippen molar-refractivity contribution in [2.75, 3.05) is 64.4 Å². The molecule has 59 heavy (non-hydrogen) atoms. The molecule has 0 radical (unpaired) electrons. The number of hydrogen-bond donors (Lipinski definition) is 4. The number of fused-ring (bicyclic) bond motifs is 2. The number of ether oxygens (including phenoxy) is 3. The Labute approximate surface area is 347 Å². The fourth-order valence-corrected chi connectivity index (χ4v) is 9.31. The molecule has 19 heteroatoms. The fourth-order valence-electron chi connectivity index (χ4n) is 7.79. The molecule has 2 aromatic carbocycles. The Bertz CT molecular complexity index is 2300. The maximum absolute atomic E-state index is 12.2. The smallest absolute Gasteiger partial charge is 0.303 e. The minimum absolute atomic E-state index is 0.0361. The molecule has 16 nitrogen and oxygen atoms in total. The van der Waals surface area contributed by atoms with E-state index in [1.165, 1.54) is 24.3 Å². The van der Waals surface area contributed by atoms with Crippen LogP contribution < -0.4 is 4.90 Å². The van der Waals surface area contributed by atoms with E-state index in [4.69, 9.17) is 19.3 Å². The normalized spacial score (nSPS) is 20.4. The van der Waals surface area contributed by atoms with Crippen LogP contribution in [0, 0.1) is 0 Å². The first-order valence-corrected chi connectivity index (χ1v) is 23.6. The van der Waals surface area contributed by atoms with Crippen LogP contribution in [0.1, 0.15) is 69.9 Å². The second kappa shape index (κ2) is 20.2. The Morgan fingerprint density at radius 1 is 0.763 bits per heavy atom. The van der Waals surface area contributed by atoms with Gasteiger partial charge in [0.05, 0.1) is 34.2 Å². The second-order valence-electron chi connectivity index (χ2n) is 14.9. The number of rotatable bonds is 24. The van der Waals surface area contributed by atoms with Crippen molar-refractivity contribution in [3.05, 3.63) is 83.6 Å². The van der Waals surface area contributed by atoms with Gasteiger partial charge < -0.3 is 24.2 Å². The van der Waals surface area contributed by atoms with Crippen LogP contribution in [0.25, 0.3) is 0 Å². The van der Waals surface area contributed by atoms with Crippen molar-refractivity contribution < 1.29 is 67.6 Å². The van der Waals surface area contributed by atoms with Crippen LogP contribution in [0.5, 0.6) is 0 Å². The molecule has 0 amide bonds. The number of methoxy groups -OCH3 is 2. The van der Waals surface area contributed by atoms with Crippen molar-refractivity contribution >= 4 is 53.4 Å². The number of benzene rings is 2. The Balaban J connectivity index is 1.79. The van der Waals surface area contributed by atoms with Gasteiger partial charge in [-0.3, -0.25) is 18.5 Å². The van der Waals surface area contributed by atoms with E-state index in [1.54, 1.807) is 38.5 Å². The number of aliphatic carboxylic acids is 1. The van der Waals surface area contributed by atoms with Crippen LogP contribution in [0.4, 0.5) is 11.4 Å². The molecule has 2 aromatic rings. The van der Waals surface area contributed by atoms with E-state index < -0.39 is 52.9 Å². The highest BCUT2D eigenvalue weighted by Crippen LogP contribution is 2.51. The quantitative estimate of drug-likeness (QED) is 0.0452. The Morgan fingerprint density at radius 3 is 2.05 bits per heavy atom. The summed E-state index contributed by atoms with van der Waals surface area (Å²) in [6.07, 6.45) is 11.6. The first-order valence-electron chi connectivity index (χ1n) is 19.1. The van der Waals surface area contributed by atoms with E-state index in [2.05, 4.69) is 4.90 Å². The van der Waals surface area contributed by atoms with Crippen molar-refractivity contribution in [3.63, 3.8) is 0 Å². The van der Waals surface area contributed by atoms with Crippen LogP contribution in [0.15, 0.2) is 82.3 Å². The molecular formula is C40H55N2O14S3+. The molecule has 0 aliphatic carbocycles. The van der Waals surface area contributed by atoms with Gasteiger partial charge in [-0.05, 0) is 87.9 Å². The van der Waals surface area contributed by atoms with Gasteiger partial charge in [-0.2, -0.15) is 29.8 Å². The summed E-state index contributed by atoms with van der Waals surface area (Å²) in [5.41, 5.74) is 2.35. The van der Waals surface area contributed by atoms with Gasteiger partial charge in [0.25, 0.3) is 30.4 Å². The largest absolute Gasteiger partial charge is 0.481 e. The molecule has 0 aromatic heterocycles. The average molecular weight is 884 g/mol. The number of carboxylic acid groups (broad SMARTS) is 1. The molecular weight excluding hydrogens is 829 g/mol.